The summed E-state index contributed by atoms with van der Waals surface area (Å²) in [6, 6.07) is 18.5. The number of carbonyl (C=O) groups is 1. The van der Waals surface area contributed by atoms with Crippen molar-refractivity contribution in [3.05, 3.63) is 77.7 Å². The van der Waals surface area contributed by atoms with E-state index in [1.54, 1.807) is 30.3 Å². The van der Waals surface area contributed by atoms with Crippen LogP contribution in [-0.2, 0) is 5.41 Å². The fourth-order valence-corrected chi connectivity index (χ4v) is 2.81. The largest absolute Gasteiger partial charge is 0.340 e. The van der Waals surface area contributed by atoms with Crippen LogP contribution in [0.3, 0.4) is 0 Å². The van der Waals surface area contributed by atoms with Crippen LogP contribution in [0, 0.1) is 11.3 Å². The van der Waals surface area contributed by atoms with Crippen molar-refractivity contribution in [1.82, 2.24) is 9.97 Å². The predicted molar refractivity (Wildman–Crippen MR) is 110 cm³/mol. The second kappa shape index (κ2) is 7.89. The van der Waals surface area contributed by atoms with Gasteiger partial charge in [0, 0.05) is 11.8 Å². The van der Waals surface area contributed by atoms with Crippen molar-refractivity contribution in [3.8, 4) is 6.07 Å². The summed E-state index contributed by atoms with van der Waals surface area (Å²) in [5, 5.41) is 15.2. The van der Waals surface area contributed by atoms with Gasteiger partial charge in [-0.05, 0) is 29.2 Å². The number of hydrogen-bond acceptors (Lipinski definition) is 5. The molecule has 1 aromatic heterocycles. The molecule has 0 fully saturated rings. The molecule has 0 radical (unpaired) electrons. The molecule has 0 atom stereocenters. The molecular weight excluding hydrogens is 350 g/mol. The third kappa shape index (κ3) is 4.33. The molecule has 0 aliphatic heterocycles. The summed E-state index contributed by atoms with van der Waals surface area (Å²) in [5.74, 6) is 0.114. The van der Waals surface area contributed by atoms with Gasteiger partial charge in [-0.2, -0.15) is 5.26 Å². The third-order valence-electron chi connectivity index (χ3n) is 4.19. The summed E-state index contributed by atoms with van der Waals surface area (Å²) in [6.45, 7) is 6.41. The molecule has 6 nitrogen and oxygen atoms in total. The molecule has 1 heterocycles. The highest BCUT2D eigenvalue weighted by atomic mass is 16.1. The van der Waals surface area contributed by atoms with Crippen LogP contribution >= 0.6 is 0 Å². The number of amides is 1. The highest BCUT2D eigenvalue weighted by Gasteiger charge is 2.18. The van der Waals surface area contributed by atoms with Crippen LogP contribution in [0.15, 0.2) is 60.9 Å². The lowest BCUT2D eigenvalue weighted by molar-refractivity contribution is 0.102. The molecule has 3 rings (SSSR count). The van der Waals surface area contributed by atoms with E-state index in [2.05, 4.69) is 53.5 Å². The Morgan fingerprint density at radius 1 is 1.00 bits per heavy atom. The van der Waals surface area contributed by atoms with Crippen molar-refractivity contribution in [3.63, 3.8) is 0 Å². The zero-order valence-corrected chi connectivity index (χ0v) is 16.0. The average Bonchev–Trinajstić information content (AvgIpc) is 2.68. The number of hydrogen-bond donors (Lipinski definition) is 2. The molecule has 140 valence electrons. The van der Waals surface area contributed by atoms with Gasteiger partial charge < -0.3 is 10.6 Å². The van der Waals surface area contributed by atoms with E-state index >= 15 is 0 Å². The molecule has 28 heavy (non-hydrogen) atoms. The molecule has 0 saturated carbocycles. The van der Waals surface area contributed by atoms with Crippen molar-refractivity contribution < 1.29 is 4.79 Å². The maximum absolute atomic E-state index is 12.6. The van der Waals surface area contributed by atoms with Crippen molar-refractivity contribution in [2.45, 2.75) is 26.2 Å². The van der Waals surface area contributed by atoms with Gasteiger partial charge in [0.2, 0.25) is 0 Å². The van der Waals surface area contributed by atoms with Crippen LogP contribution in [0.2, 0.25) is 0 Å². The van der Waals surface area contributed by atoms with Crippen LogP contribution in [0.25, 0.3) is 0 Å². The van der Waals surface area contributed by atoms with Gasteiger partial charge in [0.05, 0.1) is 11.3 Å². The average molecular weight is 371 g/mol. The molecular formula is C22H21N5O. The van der Waals surface area contributed by atoms with Gasteiger partial charge in [-0.25, -0.2) is 9.97 Å². The van der Waals surface area contributed by atoms with Gasteiger partial charge in [0.1, 0.15) is 23.9 Å². The Bertz CT molecular complexity index is 1050. The van der Waals surface area contributed by atoms with Crippen LogP contribution in [0.5, 0.6) is 0 Å². The van der Waals surface area contributed by atoms with Gasteiger partial charge in [-0.3, -0.25) is 4.79 Å². The van der Waals surface area contributed by atoms with E-state index in [9.17, 15) is 4.79 Å². The Kier molecular flexibility index (Phi) is 5.37. The predicted octanol–water partition coefficient (Wildman–Crippen LogP) is 4.64. The van der Waals surface area contributed by atoms with Gasteiger partial charge in [0.25, 0.3) is 5.91 Å². The first kappa shape index (κ1) is 19.1. The number of anilines is 3. The number of benzene rings is 2. The molecule has 0 aliphatic carbocycles. The molecule has 0 bridgehead atoms. The summed E-state index contributed by atoms with van der Waals surface area (Å²) < 4.78 is 0. The fraction of sp³-hybridized carbons (Fsp3) is 0.182. The second-order valence-corrected chi connectivity index (χ2v) is 7.32. The van der Waals surface area contributed by atoms with Gasteiger partial charge in [-0.1, -0.05) is 51.1 Å². The number of para-hydroxylation sites is 2. The van der Waals surface area contributed by atoms with Crippen molar-refractivity contribution in [1.29, 1.82) is 5.26 Å². The zero-order chi connectivity index (χ0) is 20.1. The third-order valence-corrected chi connectivity index (χ3v) is 4.19. The van der Waals surface area contributed by atoms with Gasteiger partial charge >= 0.3 is 0 Å². The maximum Gasteiger partial charge on any atom is 0.274 e. The number of aromatic nitrogens is 2. The Morgan fingerprint density at radius 2 is 1.68 bits per heavy atom. The lowest BCUT2D eigenvalue weighted by Gasteiger charge is -2.23. The first-order valence-corrected chi connectivity index (χ1v) is 8.87. The smallest absolute Gasteiger partial charge is 0.274 e. The van der Waals surface area contributed by atoms with Gasteiger partial charge in [-0.15, -0.1) is 0 Å². The number of nitriles is 1. The van der Waals surface area contributed by atoms with E-state index in [1.165, 1.54) is 6.33 Å². The van der Waals surface area contributed by atoms with Gasteiger partial charge in [0.15, 0.2) is 0 Å². The minimum atomic E-state index is -0.405. The first-order valence-electron chi connectivity index (χ1n) is 8.87. The lowest BCUT2D eigenvalue weighted by Crippen LogP contribution is -2.16. The highest BCUT2D eigenvalue weighted by Crippen LogP contribution is 2.30. The number of carbonyl (C=O) groups excluding carboxylic acids is 1. The zero-order valence-electron chi connectivity index (χ0n) is 16.0. The SMILES string of the molecule is CC(C)(C)c1ccccc1Nc1cc(C(=O)Nc2ccccc2C#N)ncn1. The maximum atomic E-state index is 12.6. The van der Waals surface area contributed by atoms with E-state index < -0.39 is 5.91 Å². The minimum absolute atomic E-state index is 0.0438. The molecule has 3 aromatic rings. The molecule has 0 unspecified atom stereocenters. The summed E-state index contributed by atoms with van der Waals surface area (Å²) >= 11 is 0. The van der Waals surface area contributed by atoms with E-state index in [-0.39, 0.29) is 11.1 Å². The molecule has 2 aromatic carbocycles. The Morgan fingerprint density at radius 3 is 2.39 bits per heavy atom. The van der Waals surface area contributed by atoms with E-state index in [4.69, 9.17) is 5.26 Å². The van der Waals surface area contributed by atoms with Crippen molar-refractivity contribution in [2.24, 2.45) is 0 Å². The van der Waals surface area contributed by atoms with Crippen LogP contribution in [0.1, 0.15) is 42.4 Å². The molecule has 1 amide bonds. The number of rotatable bonds is 4. The summed E-state index contributed by atoms with van der Waals surface area (Å²) in [4.78, 5) is 20.9. The fourth-order valence-electron chi connectivity index (χ4n) is 2.81. The highest BCUT2D eigenvalue weighted by molar-refractivity contribution is 6.03. The molecule has 0 spiro atoms. The molecule has 2 N–H and O–H groups in total. The topological polar surface area (TPSA) is 90.7 Å². The van der Waals surface area contributed by atoms with E-state index in [0.29, 0.717) is 17.1 Å². The molecule has 0 saturated heterocycles. The van der Waals surface area contributed by atoms with Crippen molar-refractivity contribution >= 4 is 23.1 Å². The standard InChI is InChI=1S/C22H21N5O/c1-22(2,3)16-9-5-7-11-18(16)26-20-12-19(24-14-25-20)21(28)27-17-10-6-4-8-15(17)13-23/h4-12,14H,1-3H3,(H,27,28)(H,24,25,26). The summed E-state index contributed by atoms with van der Waals surface area (Å²) in [7, 11) is 0. The normalized spacial score (nSPS) is 10.8. The Labute approximate surface area is 164 Å². The monoisotopic (exact) mass is 371 g/mol. The minimum Gasteiger partial charge on any atom is -0.340 e. The molecule has 0 aliphatic rings. The second-order valence-electron chi connectivity index (χ2n) is 7.32. The summed E-state index contributed by atoms with van der Waals surface area (Å²) in [5.41, 5.74) is 3.07. The Balaban J connectivity index is 1.84. The van der Waals surface area contributed by atoms with E-state index in [1.807, 2.05) is 18.2 Å². The molecule has 6 heteroatoms. The first-order chi connectivity index (χ1) is 13.4. The van der Waals surface area contributed by atoms with Crippen LogP contribution < -0.4 is 10.6 Å². The number of nitrogens with zero attached hydrogens (tertiary/aromatic N) is 3. The van der Waals surface area contributed by atoms with Crippen LogP contribution in [0.4, 0.5) is 17.2 Å². The number of nitrogens with one attached hydrogen (secondary N) is 2. The summed E-state index contributed by atoms with van der Waals surface area (Å²) in [6.07, 6.45) is 1.34. The lowest BCUT2D eigenvalue weighted by atomic mass is 9.86. The van der Waals surface area contributed by atoms with Crippen molar-refractivity contribution in [2.75, 3.05) is 10.6 Å². The van der Waals surface area contributed by atoms with Crippen LogP contribution in [-0.4, -0.2) is 15.9 Å². The Hall–Kier alpha value is -3.72. The quantitative estimate of drug-likeness (QED) is 0.697. The van der Waals surface area contributed by atoms with E-state index in [0.717, 1.165) is 11.3 Å².